The molecule has 3 rings (SSSR count). The summed E-state index contributed by atoms with van der Waals surface area (Å²) in [7, 11) is 0. The number of halogens is 1. The van der Waals surface area contributed by atoms with Crippen LogP contribution in [0.4, 0.5) is 26.2 Å². The molecule has 1 unspecified atom stereocenters. The average Bonchev–Trinajstić information content (AvgIpc) is 2.94. The highest BCUT2D eigenvalue weighted by atomic mass is 19.1. The van der Waals surface area contributed by atoms with E-state index in [1.165, 1.54) is 30.0 Å². The molecule has 1 aliphatic heterocycles. The molecule has 2 aromatic rings. The van der Waals surface area contributed by atoms with Crippen LogP contribution in [0.25, 0.3) is 0 Å². The Hall–Kier alpha value is -3.42. The number of carbonyl (C=O) groups is 3. The minimum absolute atomic E-state index is 0.135. The third-order valence-corrected chi connectivity index (χ3v) is 4.02. The summed E-state index contributed by atoms with van der Waals surface area (Å²) in [6, 6.07) is 11.6. The first-order valence-electron chi connectivity index (χ1n) is 8.42. The van der Waals surface area contributed by atoms with Gasteiger partial charge in [0.25, 0.3) is 0 Å². The zero-order valence-corrected chi connectivity index (χ0v) is 14.7. The Morgan fingerprint density at radius 1 is 1.07 bits per heavy atom. The van der Waals surface area contributed by atoms with Crippen LogP contribution in [-0.2, 0) is 9.59 Å². The fourth-order valence-electron chi connectivity index (χ4n) is 2.93. The molecule has 1 aliphatic rings. The molecule has 140 valence electrons. The van der Waals surface area contributed by atoms with Crippen LogP contribution in [0.2, 0.25) is 0 Å². The first-order chi connectivity index (χ1) is 12.9. The van der Waals surface area contributed by atoms with E-state index in [1.807, 2.05) is 0 Å². The molecule has 0 radical (unpaired) electrons. The van der Waals surface area contributed by atoms with Gasteiger partial charge < -0.3 is 20.9 Å². The Balaban J connectivity index is 1.59. The van der Waals surface area contributed by atoms with E-state index in [2.05, 4.69) is 16.0 Å². The number of carbonyl (C=O) groups excluding carboxylic acids is 3. The Labute approximate surface area is 155 Å². The molecule has 2 aromatic carbocycles. The molecular weight excluding hydrogens is 351 g/mol. The first kappa shape index (κ1) is 18.4. The van der Waals surface area contributed by atoms with Gasteiger partial charge >= 0.3 is 6.03 Å². The number of anilines is 3. The minimum atomic E-state index is -0.464. The van der Waals surface area contributed by atoms with Crippen LogP contribution >= 0.6 is 0 Å². The van der Waals surface area contributed by atoms with Crippen LogP contribution in [0, 0.1) is 5.82 Å². The topological polar surface area (TPSA) is 90.5 Å². The van der Waals surface area contributed by atoms with E-state index in [0.29, 0.717) is 17.1 Å². The van der Waals surface area contributed by atoms with Gasteiger partial charge in [0.2, 0.25) is 11.8 Å². The number of nitrogens with zero attached hydrogens (tertiary/aromatic N) is 1. The molecule has 1 saturated heterocycles. The summed E-state index contributed by atoms with van der Waals surface area (Å²) in [6.45, 7) is 1.66. The van der Waals surface area contributed by atoms with Gasteiger partial charge in [-0.2, -0.15) is 0 Å². The molecule has 0 aliphatic carbocycles. The smallest absolute Gasteiger partial charge is 0.319 e. The van der Waals surface area contributed by atoms with Gasteiger partial charge in [0.1, 0.15) is 5.82 Å². The van der Waals surface area contributed by atoms with Crippen molar-refractivity contribution in [3.63, 3.8) is 0 Å². The van der Waals surface area contributed by atoms with Crippen LogP contribution in [0.1, 0.15) is 13.3 Å². The second-order valence-corrected chi connectivity index (χ2v) is 6.25. The molecular formula is C19H19FN4O3. The van der Waals surface area contributed by atoms with Crippen molar-refractivity contribution < 1.29 is 18.8 Å². The predicted octanol–water partition coefficient (Wildman–Crippen LogP) is 2.71. The number of nitrogens with one attached hydrogen (secondary N) is 3. The lowest BCUT2D eigenvalue weighted by Gasteiger charge is -2.17. The van der Waals surface area contributed by atoms with Crippen molar-refractivity contribution in [1.29, 1.82) is 0 Å². The van der Waals surface area contributed by atoms with Crippen molar-refractivity contribution in [2.45, 2.75) is 19.4 Å². The maximum absolute atomic E-state index is 13.4. The Bertz CT molecular complexity index is 887. The highest BCUT2D eigenvalue weighted by Gasteiger charge is 2.31. The average molecular weight is 370 g/mol. The standard InChI is InChI=1S/C19H19FN4O3/c1-12(25)21-14-5-3-6-15(9-14)22-19(27)23-16-10-18(26)24(11-16)17-7-2-4-13(20)8-17/h2-9,16H,10-11H2,1H3,(H,21,25)(H2,22,23,27). The van der Waals surface area contributed by atoms with Crippen molar-refractivity contribution in [2.24, 2.45) is 0 Å². The lowest BCUT2D eigenvalue weighted by atomic mass is 10.2. The number of hydrogen-bond donors (Lipinski definition) is 3. The Morgan fingerprint density at radius 2 is 1.78 bits per heavy atom. The normalized spacial score (nSPS) is 16.1. The summed E-state index contributed by atoms with van der Waals surface area (Å²) in [5.74, 6) is -0.814. The molecule has 0 aromatic heterocycles. The van der Waals surface area contributed by atoms with Crippen LogP contribution in [0.5, 0.6) is 0 Å². The SMILES string of the molecule is CC(=O)Nc1cccc(NC(=O)NC2CC(=O)N(c3cccc(F)c3)C2)c1. The van der Waals surface area contributed by atoms with Gasteiger partial charge in [-0.3, -0.25) is 9.59 Å². The van der Waals surface area contributed by atoms with Crippen molar-refractivity contribution in [2.75, 3.05) is 22.1 Å². The summed E-state index contributed by atoms with van der Waals surface area (Å²) in [4.78, 5) is 36.9. The van der Waals surface area contributed by atoms with Crippen molar-refractivity contribution in [3.05, 3.63) is 54.3 Å². The quantitative estimate of drug-likeness (QED) is 0.773. The van der Waals surface area contributed by atoms with Crippen LogP contribution < -0.4 is 20.9 Å². The predicted molar refractivity (Wildman–Crippen MR) is 100 cm³/mol. The van der Waals surface area contributed by atoms with Gasteiger partial charge in [-0.1, -0.05) is 12.1 Å². The maximum atomic E-state index is 13.4. The van der Waals surface area contributed by atoms with Gasteiger partial charge in [-0.05, 0) is 36.4 Å². The Kier molecular flexibility index (Phi) is 5.35. The van der Waals surface area contributed by atoms with Gasteiger partial charge in [0.15, 0.2) is 0 Å². The van der Waals surface area contributed by atoms with Crippen LogP contribution in [0.15, 0.2) is 48.5 Å². The van der Waals surface area contributed by atoms with Crippen molar-refractivity contribution >= 4 is 34.9 Å². The molecule has 1 heterocycles. The van der Waals surface area contributed by atoms with Crippen LogP contribution in [-0.4, -0.2) is 30.4 Å². The Morgan fingerprint density at radius 3 is 2.48 bits per heavy atom. The molecule has 0 saturated carbocycles. The van der Waals surface area contributed by atoms with Gasteiger partial charge in [-0.25, -0.2) is 9.18 Å². The lowest BCUT2D eigenvalue weighted by molar-refractivity contribution is -0.117. The summed E-state index contributed by atoms with van der Waals surface area (Å²) in [6.07, 6.45) is 0.135. The van der Waals surface area contributed by atoms with Gasteiger partial charge in [0.05, 0.1) is 6.04 Å². The second-order valence-electron chi connectivity index (χ2n) is 6.25. The molecule has 0 bridgehead atoms. The zero-order chi connectivity index (χ0) is 19.4. The highest BCUT2D eigenvalue weighted by molar-refractivity contribution is 5.98. The zero-order valence-electron chi connectivity index (χ0n) is 14.7. The van der Waals surface area contributed by atoms with E-state index >= 15 is 0 Å². The van der Waals surface area contributed by atoms with Crippen LogP contribution in [0.3, 0.4) is 0 Å². The third-order valence-electron chi connectivity index (χ3n) is 4.02. The summed E-state index contributed by atoms with van der Waals surface area (Å²) >= 11 is 0. The van der Waals surface area contributed by atoms with E-state index in [4.69, 9.17) is 0 Å². The molecule has 0 spiro atoms. The second kappa shape index (κ2) is 7.86. The monoisotopic (exact) mass is 370 g/mol. The number of urea groups is 1. The minimum Gasteiger partial charge on any atom is -0.333 e. The van der Waals surface area contributed by atoms with Gasteiger partial charge in [0, 0.05) is 37.0 Å². The number of benzene rings is 2. The number of rotatable bonds is 4. The molecule has 1 fully saturated rings. The number of amides is 4. The van der Waals surface area contributed by atoms with Crippen molar-refractivity contribution in [3.8, 4) is 0 Å². The molecule has 3 N–H and O–H groups in total. The van der Waals surface area contributed by atoms with E-state index in [0.717, 1.165) is 0 Å². The number of hydrogen-bond acceptors (Lipinski definition) is 3. The fraction of sp³-hybridized carbons (Fsp3) is 0.211. The lowest BCUT2D eigenvalue weighted by Crippen LogP contribution is -2.39. The fourth-order valence-corrected chi connectivity index (χ4v) is 2.93. The van der Waals surface area contributed by atoms with E-state index < -0.39 is 11.8 Å². The van der Waals surface area contributed by atoms with E-state index in [9.17, 15) is 18.8 Å². The maximum Gasteiger partial charge on any atom is 0.319 e. The third kappa shape index (κ3) is 4.81. The molecule has 7 nitrogen and oxygen atoms in total. The molecule has 8 heteroatoms. The molecule has 4 amide bonds. The van der Waals surface area contributed by atoms with Gasteiger partial charge in [-0.15, -0.1) is 0 Å². The van der Waals surface area contributed by atoms with E-state index in [-0.39, 0.29) is 30.8 Å². The summed E-state index contributed by atoms with van der Waals surface area (Å²) < 4.78 is 13.4. The largest absolute Gasteiger partial charge is 0.333 e. The first-order valence-corrected chi connectivity index (χ1v) is 8.42. The molecule has 27 heavy (non-hydrogen) atoms. The molecule has 1 atom stereocenters. The van der Waals surface area contributed by atoms with Crippen molar-refractivity contribution in [1.82, 2.24) is 5.32 Å². The highest BCUT2D eigenvalue weighted by Crippen LogP contribution is 2.22. The summed E-state index contributed by atoms with van der Waals surface area (Å²) in [5, 5.41) is 8.04. The van der Waals surface area contributed by atoms with E-state index in [1.54, 1.807) is 30.3 Å². The summed E-state index contributed by atoms with van der Waals surface area (Å²) in [5.41, 5.74) is 1.53.